The van der Waals surface area contributed by atoms with E-state index in [-0.39, 0.29) is 12.0 Å². The lowest BCUT2D eigenvalue weighted by molar-refractivity contribution is 0.170. The molecule has 0 spiro atoms. The van der Waals surface area contributed by atoms with E-state index in [0.717, 1.165) is 17.1 Å². The van der Waals surface area contributed by atoms with Crippen LogP contribution in [0, 0.1) is 5.41 Å². The molecule has 6 heteroatoms. The van der Waals surface area contributed by atoms with Crippen molar-refractivity contribution in [1.82, 2.24) is 9.03 Å². The van der Waals surface area contributed by atoms with Crippen LogP contribution in [0.2, 0.25) is 0 Å². The molecule has 0 atom stereocenters. The quantitative estimate of drug-likeness (QED) is 0.663. The number of aliphatic hydroxyl groups excluding tert-OH is 1. The van der Waals surface area contributed by atoms with Gasteiger partial charge in [-0.15, -0.1) is 0 Å². The fraction of sp³-hybridized carbons (Fsp3) is 1.00. The first-order chi connectivity index (χ1) is 7.33. The van der Waals surface area contributed by atoms with Gasteiger partial charge in [0.25, 0.3) is 10.2 Å². The number of hydrogen-bond acceptors (Lipinski definition) is 3. The van der Waals surface area contributed by atoms with Crippen LogP contribution in [0.3, 0.4) is 0 Å². The lowest BCUT2D eigenvalue weighted by Crippen LogP contribution is -2.42. The van der Waals surface area contributed by atoms with Crippen molar-refractivity contribution >= 4 is 10.2 Å². The van der Waals surface area contributed by atoms with E-state index in [1.807, 2.05) is 13.8 Å². The highest BCUT2D eigenvalue weighted by Crippen LogP contribution is 2.29. The largest absolute Gasteiger partial charge is 0.396 e. The molecule has 16 heavy (non-hydrogen) atoms. The van der Waals surface area contributed by atoms with E-state index in [2.05, 4.69) is 4.72 Å². The molecular formula is C10H24N2O3S. The van der Waals surface area contributed by atoms with Crippen LogP contribution in [-0.4, -0.2) is 45.1 Å². The van der Waals surface area contributed by atoms with Crippen molar-refractivity contribution in [2.24, 2.45) is 5.41 Å². The first kappa shape index (κ1) is 15.8. The monoisotopic (exact) mass is 252 g/mol. The van der Waals surface area contributed by atoms with Gasteiger partial charge in [-0.05, 0) is 24.7 Å². The maximum atomic E-state index is 11.6. The molecule has 0 radical (unpaired) electrons. The predicted octanol–water partition coefficient (Wildman–Crippen LogP) is 0.571. The van der Waals surface area contributed by atoms with Crippen molar-refractivity contribution in [3.05, 3.63) is 0 Å². The molecule has 0 aliphatic carbocycles. The zero-order chi connectivity index (χ0) is 12.8. The molecule has 0 saturated heterocycles. The summed E-state index contributed by atoms with van der Waals surface area (Å²) >= 11 is 0. The molecule has 0 aromatic carbocycles. The zero-order valence-corrected chi connectivity index (χ0v) is 11.5. The van der Waals surface area contributed by atoms with Gasteiger partial charge in [0.15, 0.2) is 0 Å². The highest BCUT2D eigenvalue weighted by molar-refractivity contribution is 7.87. The highest BCUT2D eigenvalue weighted by atomic mass is 32.2. The van der Waals surface area contributed by atoms with E-state index in [9.17, 15) is 8.42 Å². The van der Waals surface area contributed by atoms with Crippen LogP contribution in [0.5, 0.6) is 0 Å². The van der Waals surface area contributed by atoms with Crippen molar-refractivity contribution in [3.63, 3.8) is 0 Å². The van der Waals surface area contributed by atoms with Gasteiger partial charge < -0.3 is 5.11 Å². The number of aliphatic hydroxyl groups is 1. The summed E-state index contributed by atoms with van der Waals surface area (Å²) in [5.74, 6) is 0. The molecule has 0 unspecified atom stereocenters. The Bertz CT molecular complexity index is 284. The second kappa shape index (κ2) is 6.54. The van der Waals surface area contributed by atoms with Crippen LogP contribution < -0.4 is 4.72 Å². The van der Waals surface area contributed by atoms with Gasteiger partial charge in [-0.1, -0.05) is 13.8 Å². The van der Waals surface area contributed by atoms with Crippen LogP contribution >= 0.6 is 0 Å². The maximum absolute atomic E-state index is 11.6. The standard InChI is InChI=1S/C10H24N2O3S/c1-5-10(6-2,7-8-13)9-11-16(14,15)12(3)4/h11,13H,5-9H2,1-4H3. The van der Waals surface area contributed by atoms with Crippen LogP contribution in [0.4, 0.5) is 0 Å². The molecule has 0 aromatic rings. The minimum atomic E-state index is -3.37. The normalized spacial score (nSPS) is 13.4. The molecule has 0 bridgehead atoms. The van der Waals surface area contributed by atoms with E-state index in [1.54, 1.807) is 0 Å². The molecule has 0 amide bonds. The molecule has 5 nitrogen and oxygen atoms in total. The third-order valence-corrected chi connectivity index (χ3v) is 4.72. The molecule has 0 aliphatic heterocycles. The van der Waals surface area contributed by atoms with E-state index in [4.69, 9.17) is 5.11 Å². The fourth-order valence-corrected chi connectivity index (χ4v) is 2.30. The Labute approximate surface area is 99.0 Å². The summed E-state index contributed by atoms with van der Waals surface area (Å²) in [5, 5.41) is 9.02. The summed E-state index contributed by atoms with van der Waals surface area (Å²) in [4.78, 5) is 0. The van der Waals surface area contributed by atoms with Gasteiger partial charge in [0.1, 0.15) is 0 Å². The average Bonchev–Trinajstić information content (AvgIpc) is 2.24. The Morgan fingerprint density at radius 2 is 1.75 bits per heavy atom. The van der Waals surface area contributed by atoms with E-state index in [0.29, 0.717) is 13.0 Å². The van der Waals surface area contributed by atoms with Gasteiger partial charge >= 0.3 is 0 Å². The lowest BCUT2D eigenvalue weighted by atomic mass is 9.80. The smallest absolute Gasteiger partial charge is 0.278 e. The second-order valence-corrected chi connectivity index (χ2v) is 6.26. The fourth-order valence-electron chi connectivity index (χ4n) is 1.55. The topological polar surface area (TPSA) is 69.6 Å². The molecule has 98 valence electrons. The molecule has 0 fully saturated rings. The van der Waals surface area contributed by atoms with Crippen LogP contribution in [0.25, 0.3) is 0 Å². The summed E-state index contributed by atoms with van der Waals surface area (Å²) < 4.78 is 26.9. The van der Waals surface area contributed by atoms with Crippen molar-refractivity contribution in [2.75, 3.05) is 27.2 Å². The van der Waals surface area contributed by atoms with Gasteiger partial charge in [0.05, 0.1) is 0 Å². The third kappa shape index (κ3) is 4.37. The molecular weight excluding hydrogens is 228 g/mol. The van der Waals surface area contributed by atoms with Gasteiger partial charge in [0, 0.05) is 27.2 Å². The molecule has 0 saturated carbocycles. The van der Waals surface area contributed by atoms with Crippen LogP contribution in [0.15, 0.2) is 0 Å². The summed E-state index contributed by atoms with van der Waals surface area (Å²) in [7, 11) is -0.380. The zero-order valence-electron chi connectivity index (χ0n) is 10.7. The SMILES string of the molecule is CCC(CC)(CCO)CNS(=O)(=O)N(C)C. The molecule has 2 N–H and O–H groups in total. The van der Waals surface area contributed by atoms with Crippen molar-refractivity contribution in [3.8, 4) is 0 Å². The molecule has 0 aliphatic rings. The summed E-state index contributed by atoms with van der Waals surface area (Å²) in [6.45, 7) is 4.50. The number of nitrogens with zero attached hydrogens (tertiary/aromatic N) is 1. The van der Waals surface area contributed by atoms with Gasteiger partial charge in [-0.2, -0.15) is 12.7 Å². The second-order valence-electron chi connectivity index (χ2n) is 4.29. The van der Waals surface area contributed by atoms with Crippen LogP contribution in [-0.2, 0) is 10.2 Å². The Kier molecular flexibility index (Phi) is 6.47. The maximum Gasteiger partial charge on any atom is 0.278 e. The Hall–Kier alpha value is -0.170. The number of hydrogen-bond donors (Lipinski definition) is 2. The summed E-state index contributed by atoms with van der Waals surface area (Å²) in [6, 6.07) is 0. The first-order valence-electron chi connectivity index (χ1n) is 5.61. The highest BCUT2D eigenvalue weighted by Gasteiger charge is 2.27. The minimum Gasteiger partial charge on any atom is -0.396 e. The number of nitrogens with one attached hydrogen (secondary N) is 1. The van der Waals surface area contributed by atoms with E-state index < -0.39 is 10.2 Å². The Morgan fingerprint density at radius 1 is 1.25 bits per heavy atom. The van der Waals surface area contributed by atoms with E-state index >= 15 is 0 Å². The molecule has 0 aromatic heterocycles. The lowest BCUT2D eigenvalue weighted by Gasteiger charge is -2.31. The summed E-state index contributed by atoms with van der Waals surface area (Å²) in [5.41, 5.74) is -0.141. The molecule has 0 heterocycles. The predicted molar refractivity (Wildman–Crippen MR) is 65.3 cm³/mol. The van der Waals surface area contributed by atoms with Gasteiger partial charge in [0.2, 0.25) is 0 Å². The minimum absolute atomic E-state index is 0.0887. The Balaban J connectivity index is 4.55. The average molecular weight is 252 g/mol. The van der Waals surface area contributed by atoms with E-state index in [1.165, 1.54) is 14.1 Å². The molecule has 0 rings (SSSR count). The first-order valence-corrected chi connectivity index (χ1v) is 7.05. The number of rotatable bonds is 8. The van der Waals surface area contributed by atoms with Crippen molar-refractivity contribution < 1.29 is 13.5 Å². The van der Waals surface area contributed by atoms with Gasteiger partial charge in [-0.25, -0.2) is 4.72 Å². The third-order valence-electron chi connectivity index (χ3n) is 3.25. The summed E-state index contributed by atoms with van der Waals surface area (Å²) in [6.07, 6.45) is 2.32. The van der Waals surface area contributed by atoms with Crippen molar-refractivity contribution in [2.45, 2.75) is 33.1 Å². The Morgan fingerprint density at radius 3 is 2.06 bits per heavy atom. The van der Waals surface area contributed by atoms with Crippen LogP contribution in [0.1, 0.15) is 33.1 Å². The van der Waals surface area contributed by atoms with Gasteiger partial charge in [-0.3, -0.25) is 0 Å². The van der Waals surface area contributed by atoms with Crippen molar-refractivity contribution in [1.29, 1.82) is 0 Å².